The Kier molecular flexibility index (Phi) is 5.46. The van der Waals surface area contributed by atoms with Crippen LogP contribution in [0.5, 0.6) is 0 Å². The van der Waals surface area contributed by atoms with E-state index in [0.717, 1.165) is 4.47 Å². The van der Waals surface area contributed by atoms with Crippen molar-refractivity contribution < 1.29 is 9.90 Å². The first-order valence-electron chi connectivity index (χ1n) is 9.27. The molecule has 1 amide bonds. The number of carbonyl (C=O) groups is 1. The van der Waals surface area contributed by atoms with Crippen LogP contribution >= 0.6 is 27.5 Å². The van der Waals surface area contributed by atoms with Crippen molar-refractivity contribution in [1.82, 2.24) is 14.5 Å². The van der Waals surface area contributed by atoms with Gasteiger partial charge in [0, 0.05) is 28.1 Å². The number of rotatable bonds is 3. The molecule has 0 radical (unpaired) electrons. The molecule has 1 saturated heterocycles. The Hall–Kier alpha value is -2.22. The number of aliphatic hydroxyl groups is 1. The Bertz CT molecular complexity index is 1140. The van der Waals surface area contributed by atoms with Gasteiger partial charge in [-0.25, -0.2) is 4.98 Å². The molecule has 150 valence electrons. The van der Waals surface area contributed by atoms with E-state index in [4.69, 9.17) is 11.6 Å². The number of amides is 1. The standard InChI is InChI=1S/C21H19BrClN3O3/c22-15-3-1-2-14(10-15)19(27)25-8-6-21(29,7-9-25)12-26-13-24-18-11-16(23)4-5-17(18)20(26)28/h1-5,10-11,13,29H,6-9,12H2. The van der Waals surface area contributed by atoms with Gasteiger partial charge in [-0.05, 0) is 49.2 Å². The van der Waals surface area contributed by atoms with Gasteiger partial charge < -0.3 is 10.0 Å². The fourth-order valence-corrected chi connectivity index (χ4v) is 4.22. The molecule has 1 fully saturated rings. The minimum Gasteiger partial charge on any atom is -0.388 e. The van der Waals surface area contributed by atoms with Crippen LogP contribution in [0, 0.1) is 0 Å². The second-order valence-corrected chi connectivity index (χ2v) is 8.72. The molecule has 1 aromatic heterocycles. The molecule has 1 aliphatic heterocycles. The highest BCUT2D eigenvalue weighted by molar-refractivity contribution is 9.10. The van der Waals surface area contributed by atoms with E-state index in [9.17, 15) is 14.7 Å². The summed E-state index contributed by atoms with van der Waals surface area (Å²) in [4.78, 5) is 31.5. The van der Waals surface area contributed by atoms with Crippen LogP contribution < -0.4 is 5.56 Å². The predicted octanol–water partition coefficient (Wildman–Crippen LogP) is 3.48. The average Bonchev–Trinajstić information content (AvgIpc) is 2.70. The number of aromatic nitrogens is 2. The number of likely N-dealkylation sites (tertiary alicyclic amines) is 1. The van der Waals surface area contributed by atoms with E-state index in [0.29, 0.717) is 47.4 Å². The molecule has 2 heterocycles. The van der Waals surface area contributed by atoms with Crippen molar-refractivity contribution in [3.63, 3.8) is 0 Å². The molecule has 4 rings (SSSR count). The lowest BCUT2D eigenvalue weighted by molar-refractivity contribution is -0.0299. The predicted molar refractivity (Wildman–Crippen MR) is 115 cm³/mol. The number of benzene rings is 2. The second kappa shape index (κ2) is 7.89. The number of nitrogens with zero attached hydrogens (tertiary/aromatic N) is 3. The van der Waals surface area contributed by atoms with Crippen LogP contribution in [0.1, 0.15) is 23.2 Å². The molecule has 0 unspecified atom stereocenters. The summed E-state index contributed by atoms with van der Waals surface area (Å²) >= 11 is 9.34. The van der Waals surface area contributed by atoms with Crippen LogP contribution in [0.2, 0.25) is 5.02 Å². The summed E-state index contributed by atoms with van der Waals surface area (Å²) in [5.74, 6) is -0.0604. The van der Waals surface area contributed by atoms with E-state index in [1.54, 1.807) is 35.2 Å². The molecule has 0 bridgehead atoms. The van der Waals surface area contributed by atoms with Crippen LogP contribution in [-0.2, 0) is 6.54 Å². The van der Waals surface area contributed by atoms with E-state index < -0.39 is 5.60 Å². The summed E-state index contributed by atoms with van der Waals surface area (Å²) in [6.07, 6.45) is 2.22. The highest BCUT2D eigenvalue weighted by Gasteiger charge is 2.35. The largest absolute Gasteiger partial charge is 0.388 e. The molecule has 0 spiro atoms. The van der Waals surface area contributed by atoms with Crippen molar-refractivity contribution in [2.45, 2.75) is 25.0 Å². The van der Waals surface area contributed by atoms with Crippen molar-refractivity contribution in [3.8, 4) is 0 Å². The van der Waals surface area contributed by atoms with Crippen LogP contribution in [0.25, 0.3) is 10.9 Å². The van der Waals surface area contributed by atoms with Crippen LogP contribution in [0.3, 0.4) is 0 Å². The van der Waals surface area contributed by atoms with Gasteiger partial charge in [-0.3, -0.25) is 14.2 Å². The first-order valence-corrected chi connectivity index (χ1v) is 10.4. The van der Waals surface area contributed by atoms with Gasteiger partial charge >= 0.3 is 0 Å². The Morgan fingerprint density at radius 1 is 1.21 bits per heavy atom. The summed E-state index contributed by atoms with van der Waals surface area (Å²) in [6.45, 7) is 0.983. The Morgan fingerprint density at radius 2 is 1.97 bits per heavy atom. The third-order valence-corrected chi connectivity index (χ3v) is 6.03. The number of piperidine rings is 1. The minimum absolute atomic E-state index is 0.0604. The summed E-state index contributed by atoms with van der Waals surface area (Å²) in [5.41, 5.74) is -0.147. The molecule has 6 nitrogen and oxygen atoms in total. The maximum atomic E-state index is 12.7. The van der Waals surface area contributed by atoms with Gasteiger partial charge in [-0.15, -0.1) is 0 Å². The molecule has 2 aromatic carbocycles. The van der Waals surface area contributed by atoms with Crippen LogP contribution in [0.4, 0.5) is 0 Å². The molecule has 3 aromatic rings. The summed E-state index contributed by atoms with van der Waals surface area (Å²) in [5, 5.41) is 12.0. The van der Waals surface area contributed by atoms with Crippen molar-refractivity contribution in [2.75, 3.05) is 13.1 Å². The molecule has 1 N–H and O–H groups in total. The molecule has 29 heavy (non-hydrogen) atoms. The Balaban J connectivity index is 1.48. The molecule has 8 heteroatoms. The van der Waals surface area contributed by atoms with Crippen molar-refractivity contribution in [1.29, 1.82) is 0 Å². The third-order valence-electron chi connectivity index (χ3n) is 5.30. The maximum Gasteiger partial charge on any atom is 0.261 e. The third kappa shape index (κ3) is 4.22. The first-order chi connectivity index (χ1) is 13.8. The van der Waals surface area contributed by atoms with Crippen LogP contribution in [-0.4, -0.2) is 44.2 Å². The van der Waals surface area contributed by atoms with E-state index in [-0.39, 0.29) is 18.0 Å². The van der Waals surface area contributed by atoms with Gasteiger partial charge in [0.1, 0.15) is 0 Å². The van der Waals surface area contributed by atoms with Gasteiger partial charge in [0.2, 0.25) is 0 Å². The second-order valence-electron chi connectivity index (χ2n) is 7.37. The van der Waals surface area contributed by atoms with E-state index >= 15 is 0 Å². The molecule has 1 aliphatic rings. The lowest BCUT2D eigenvalue weighted by atomic mass is 9.91. The van der Waals surface area contributed by atoms with Gasteiger partial charge in [-0.2, -0.15) is 0 Å². The van der Waals surface area contributed by atoms with Gasteiger partial charge in [0.05, 0.1) is 29.4 Å². The minimum atomic E-state index is -1.07. The Labute approximate surface area is 180 Å². The zero-order valence-electron chi connectivity index (χ0n) is 15.5. The summed E-state index contributed by atoms with van der Waals surface area (Å²) in [6, 6.07) is 12.2. The van der Waals surface area contributed by atoms with Crippen LogP contribution in [0.15, 0.2) is 58.1 Å². The van der Waals surface area contributed by atoms with Gasteiger partial charge in [0.15, 0.2) is 0 Å². The van der Waals surface area contributed by atoms with E-state index in [1.165, 1.54) is 10.9 Å². The Morgan fingerprint density at radius 3 is 2.69 bits per heavy atom. The summed E-state index contributed by atoms with van der Waals surface area (Å²) < 4.78 is 2.28. The molecule has 0 saturated carbocycles. The van der Waals surface area contributed by atoms with Crippen molar-refractivity contribution in [3.05, 3.63) is 74.2 Å². The topological polar surface area (TPSA) is 75.4 Å². The van der Waals surface area contributed by atoms with Gasteiger partial charge in [0.25, 0.3) is 11.5 Å². The number of hydrogen-bond acceptors (Lipinski definition) is 4. The quantitative estimate of drug-likeness (QED) is 0.628. The van der Waals surface area contributed by atoms with E-state index in [2.05, 4.69) is 20.9 Å². The lowest BCUT2D eigenvalue weighted by Crippen LogP contribution is -2.49. The zero-order chi connectivity index (χ0) is 20.6. The molecule has 0 aliphatic carbocycles. The molecule has 0 atom stereocenters. The summed E-state index contributed by atoms with van der Waals surface area (Å²) in [7, 11) is 0. The zero-order valence-corrected chi connectivity index (χ0v) is 17.9. The number of hydrogen-bond donors (Lipinski definition) is 1. The molecular weight excluding hydrogens is 458 g/mol. The smallest absolute Gasteiger partial charge is 0.261 e. The van der Waals surface area contributed by atoms with Crippen molar-refractivity contribution in [2.24, 2.45) is 0 Å². The fourth-order valence-electron chi connectivity index (χ4n) is 3.65. The first kappa shape index (κ1) is 20.1. The molecular formula is C21H19BrClN3O3. The maximum absolute atomic E-state index is 12.7. The lowest BCUT2D eigenvalue weighted by Gasteiger charge is -2.38. The van der Waals surface area contributed by atoms with E-state index in [1.807, 2.05) is 12.1 Å². The SMILES string of the molecule is O=C(c1cccc(Br)c1)N1CCC(O)(Cn2cnc3cc(Cl)ccc3c2=O)CC1. The number of carbonyl (C=O) groups excluding carboxylic acids is 1. The fraction of sp³-hybridized carbons (Fsp3) is 0.286. The number of fused-ring (bicyclic) bond motifs is 1. The highest BCUT2D eigenvalue weighted by Crippen LogP contribution is 2.25. The normalized spacial score (nSPS) is 16.2. The highest BCUT2D eigenvalue weighted by atomic mass is 79.9. The average molecular weight is 477 g/mol. The number of halogens is 2. The monoisotopic (exact) mass is 475 g/mol. The van der Waals surface area contributed by atoms with Crippen molar-refractivity contribution >= 4 is 44.3 Å². The van der Waals surface area contributed by atoms with Gasteiger partial charge in [-0.1, -0.05) is 33.6 Å².